The van der Waals surface area contributed by atoms with Crippen LogP contribution in [0.3, 0.4) is 0 Å². The second-order valence-electron chi connectivity index (χ2n) is 5.15. The van der Waals surface area contributed by atoms with Crippen molar-refractivity contribution < 1.29 is 5.11 Å². The van der Waals surface area contributed by atoms with Gasteiger partial charge in [-0.1, -0.05) is 30.7 Å². The lowest BCUT2D eigenvalue weighted by atomic mass is 10.2. The normalized spacial score (nSPS) is 15.4. The highest BCUT2D eigenvalue weighted by Gasteiger charge is 2.22. The second-order valence-corrected chi connectivity index (χ2v) is 6.10. The van der Waals surface area contributed by atoms with Crippen molar-refractivity contribution in [1.82, 2.24) is 14.5 Å². The van der Waals surface area contributed by atoms with Crippen LogP contribution in [0.15, 0.2) is 40.4 Å². The monoisotopic (exact) mass is 303 g/mol. The summed E-state index contributed by atoms with van der Waals surface area (Å²) < 4.78 is 1.74. The van der Waals surface area contributed by atoms with Crippen LogP contribution in [0.2, 0.25) is 0 Å². The Bertz CT molecular complexity index is 666. The zero-order valence-corrected chi connectivity index (χ0v) is 12.4. The van der Waals surface area contributed by atoms with Crippen LogP contribution < -0.4 is 5.56 Å². The standard InChI is InChI=1S/C15H17N3O2S/c19-13-9-14(20)18(12-6-1-2-7-12)15(17-13)21-10-11-5-3-4-8-16-11/h3-5,8-9,12,19H,1-2,6-7,10H2. The summed E-state index contributed by atoms with van der Waals surface area (Å²) in [6.07, 6.45) is 6.04. The zero-order chi connectivity index (χ0) is 14.7. The van der Waals surface area contributed by atoms with Gasteiger partial charge in [-0.15, -0.1) is 0 Å². The van der Waals surface area contributed by atoms with E-state index in [-0.39, 0.29) is 17.5 Å². The lowest BCUT2D eigenvalue weighted by molar-refractivity contribution is 0.406. The van der Waals surface area contributed by atoms with E-state index in [1.54, 1.807) is 10.8 Å². The maximum Gasteiger partial charge on any atom is 0.258 e. The number of pyridine rings is 1. The molecule has 5 nitrogen and oxygen atoms in total. The molecule has 2 aromatic heterocycles. The predicted molar refractivity (Wildman–Crippen MR) is 81.5 cm³/mol. The molecule has 0 radical (unpaired) electrons. The molecule has 1 fully saturated rings. The largest absolute Gasteiger partial charge is 0.493 e. The Morgan fingerprint density at radius 3 is 2.86 bits per heavy atom. The summed E-state index contributed by atoms with van der Waals surface area (Å²) in [7, 11) is 0. The fourth-order valence-electron chi connectivity index (χ4n) is 2.68. The molecule has 0 bridgehead atoms. The van der Waals surface area contributed by atoms with Gasteiger partial charge in [-0.05, 0) is 25.0 Å². The number of hydrogen-bond acceptors (Lipinski definition) is 5. The number of aromatic hydroxyl groups is 1. The van der Waals surface area contributed by atoms with Crippen LogP contribution in [0.5, 0.6) is 5.88 Å². The van der Waals surface area contributed by atoms with Crippen LogP contribution in [0.25, 0.3) is 0 Å². The van der Waals surface area contributed by atoms with Gasteiger partial charge in [-0.25, -0.2) is 0 Å². The first-order valence-corrected chi connectivity index (χ1v) is 8.08. The second kappa shape index (κ2) is 6.30. The van der Waals surface area contributed by atoms with Gasteiger partial charge in [0.15, 0.2) is 5.16 Å². The van der Waals surface area contributed by atoms with Gasteiger partial charge in [0.25, 0.3) is 5.56 Å². The van der Waals surface area contributed by atoms with E-state index in [1.165, 1.54) is 17.8 Å². The molecule has 2 aromatic rings. The van der Waals surface area contributed by atoms with Gasteiger partial charge in [0.2, 0.25) is 5.88 Å². The average molecular weight is 303 g/mol. The van der Waals surface area contributed by atoms with E-state index in [2.05, 4.69) is 9.97 Å². The van der Waals surface area contributed by atoms with E-state index in [9.17, 15) is 9.90 Å². The summed E-state index contributed by atoms with van der Waals surface area (Å²) in [4.78, 5) is 20.6. The van der Waals surface area contributed by atoms with E-state index >= 15 is 0 Å². The van der Waals surface area contributed by atoms with Gasteiger partial charge in [0, 0.05) is 18.0 Å². The van der Waals surface area contributed by atoms with Crippen molar-refractivity contribution in [2.45, 2.75) is 42.6 Å². The molecule has 0 aromatic carbocycles. The summed E-state index contributed by atoms with van der Waals surface area (Å²) in [5.74, 6) is 0.418. The van der Waals surface area contributed by atoms with Crippen LogP contribution in [0.1, 0.15) is 37.4 Å². The van der Waals surface area contributed by atoms with Gasteiger partial charge in [-0.2, -0.15) is 4.98 Å². The van der Waals surface area contributed by atoms with Crippen molar-refractivity contribution in [3.05, 3.63) is 46.5 Å². The van der Waals surface area contributed by atoms with E-state index in [0.717, 1.165) is 31.4 Å². The fourth-order valence-corrected chi connectivity index (χ4v) is 3.66. The Morgan fingerprint density at radius 1 is 1.33 bits per heavy atom. The van der Waals surface area contributed by atoms with Gasteiger partial charge in [0.05, 0.1) is 11.8 Å². The minimum absolute atomic E-state index is 0.169. The number of aromatic nitrogens is 3. The Morgan fingerprint density at radius 2 is 2.14 bits per heavy atom. The molecular formula is C15H17N3O2S. The summed E-state index contributed by atoms with van der Waals surface area (Å²) in [6.45, 7) is 0. The molecule has 3 rings (SSSR count). The Kier molecular flexibility index (Phi) is 4.24. The molecule has 0 atom stereocenters. The van der Waals surface area contributed by atoms with Crippen LogP contribution >= 0.6 is 11.8 Å². The molecule has 0 spiro atoms. The smallest absolute Gasteiger partial charge is 0.258 e. The molecule has 21 heavy (non-hydrogen) atoms. The molecule has 0 saturated heterocycles. The van der Waals surface area contributed by atoms with E-state index in [0.29, 0.717) is 10.9 Å². The highest BCUT2D eigenvalue weighted by molar-refractivity contribution is 7.98. The lowest BCUT2D eigenvalue weighted by Gasteiger charge is -2.17. The van der Waals surface area contributed by atoms with Crippen molar-refractivity contribution in [2.24, 2.45) is 0 Å². The average Bonchev–Trinajstić information content (AvgIpc) is 2.99. The molecule has 0 amide bonds. The van der Waals surface area contributed by atoms with Gasteiger partial charge < -0.3 is 5.11 Å². The van der Waals surface area contributed by atoms with E-state index < -0.39 is 0 Å². The van der Waals surface area contributed by atoms with Crippen molar-refractivity contribution in [3.63, 3.8) is 0 Å². The molecule has 0 unspecified atom stereocenters. The molecule has 110 valence electrons. The highest BCUT2D eigenvalue weighted by atomic mass is 32.2. The highest BCUT2D eigenvalue weighted by Crippen LogP contribution is 2.32. The molecule has 0 aliphatic heterocycles. The molecule has 6 heteroatoms. The number of thioether (sulfide) groups is 1. The third-order valence-corrected chi connectivity index (χ3v) is 4.66. The van der Waals surface area contributed by atoms with Gasteiger partial charge >= 0.3 is 0 Å². The minimum atomic E-state index is -0.210. The summed E-state index contributed by atoms with van der Waals surface area (Å²) >= 11 is 1.44. The van der Waals surface area contributed by atoms with Crippen molar-refractivity contribution in [2.75, 3.05) is 0 Å². The number of rotatable bonds is 4. The SMILES string of the molecule is O=c1cc(O)nc(SCc2ccccn2)n1C1CCCC1. The van der Waals surface area contributed by atoms with Crippen LogP contribution in [0.4, 0.5) is 0 Å². The predicted octanol–water partition coefficient (Wildman–Crippen LogP) is 2.75. The maximum atomic E-state index is 12.2. The Labute approximate surface area is 127 Å². The zero-order valence-electron chi connectivity index (χ0n) is 11.6. The minimum Gasteiger partial charge on any atom is -0.493 e. The summed E-state index contributed by atoms with van der Waals surface area (Å²) in [5, 5.41) is 10.2. The lowest BCUT2D eigenvalue weighted by Crippen LogP contribution is -2.25. The quantitative estimate of drug-likeness (QED) is 0.695. The molecule has 2 heterocycles. The van der Waals surface area contributed by atoms with Gasteiger partial charge in [0.1, 0.15) is 0 Å². The summed E-state index contributed by atoms with van der Waals surface area (Å²) in [6, 6.07) is 7.14. The van der Waals surface area contributed by atoms with Crippen molar-refractivity contribution in [1.29, 1.82) is 0 Å². The molecule has 1 aliphatic carbocycles. The first-order chi connectivity index (χ1) is 10.2. The topological polar surface area (TPSA) is 68.0 Å². The van der Waals surface area contributed by atoms with Crippen molar-refractivity contribution >= 4 is 11.8 Å². The third-order valence-electron chi connectivity index (χ3n) is 3.67. The van der Waals surface area contributed by atoms with E-state index in [1.807, 2.05) is 18.2 Å². The molecule has 1 aliphatic rings. The van der Waals surface area contributed by atoms with Crippen LogP contribution in [-0.4, -0.2) is 19.6 Å². The number of hydrogen-bond donors (Lipinski definition) is 1. The van der Waals surface area contributed by atoms with Crippen LogP contribution in [0, 0.1) is 0 Å². The number of nitrogens with zero attached hydrogens (tertiary/aromatic N) is 3. The first kappa shape index (κ1) is 14.1. The molecule has 1 N–H and O–H groups in total. The van der Waals surface area contributed by atoms with Gasteiger partial charge in [-0.3, -0.25) is 14.3 Å². The summed E-state index contributed by atoms with van der Waals surface area (Å²) in [5.41, 5.74) is 0.760. The fraction of sp³-hybridized carbons (Fsp3) is 0.400. The molecule has 1 saturated carbocycles. The van der Waals surface area contributed by atoms with E-state index in [4.69, 9.17) is 0 Å². The first-order valence-electron chi connectivity index (χ1n) is 7.09. The Balaban J connectivity index is 1.87. The van der Waals surface area contributed by atoms with Crippen LogP contribution in [-0.2, 0) is 5.75 Å². The maximum absolute atomic E-state index is 12.2. The Hall–Kier alpha value is -1.82. The molecular weight excluding hydrogens is 286 g/mol. The van der Waals surface area contributed by atoms with Crippen molar-refractivity contribution in [3.8, 4) is 5.88 Å². The third kappa shape index (κ3) is 3.26.